The Labute approximate surface area is 108 Å². The first-order valence-electron chi connectivity index (χ1n) is 5.94. The zero-order valence-electron chi connectivity index (χ0n) is 9.99. The van der Waals surface area contributed by atoms with Crippen LogP contribution in [0.5, 0.6) is 0 Å². The summed E-state index contributed by atoms with van der Waals surface area (Å²) in [6.07, 6.45) is -11.0. The first-order valence-corrected chi connectivity index (χ1v) is 5.94. The van der Waals surface area contributed by atoms with Crippen molar-refractivity contribution >= 4 is 0 Å². The van der Waals surface area contributed by atoms with Crippen LogP contribution in [-0.4, -0.2) is 35.3 Å². The molecule has 2 rings (SSSR count). The van der Waals surface area contributed by atoms with Crippen molar-refractivity contribution in [3.63, 3.8) is 0 Å². The van der Waals surface area contributed by atoms with Gasteiger partial charge in [-0.15, -0.1) is 0 Å². The number of halogens is 8. The highest BCUT2D eigenvalue weighted by Crippen LogP contribution is 2.57. The van der Waals surface area contributed by atoms with E-state index in [1.807, 2.05) is 0 Å². The second kappa shape index (κ2) is 4.43. The molecule has 2 aliphatic rings. The van der Waals surface area contributed by atoms with Crippen molar-refractivity contribution in [3.05, 3.63) is 0 Å². The van der Waals surface area contributed by atoms with Crippen LogP contribution in [0, 0.1) is 0 Å². The highest BCUT2D eigenvalue weighted by Gasteiger charge is 2.83. The molecule has 0 N–H and O–H groups in total. The molecule has 0 aromatic heterocycles. The minimum atomic E-state index is -5.70. The summed E-state index contributed by atoms with van der Waals surface area (Å²) in [5, 5.41) is 0. The largest absolute Gasteiger partial charge is 0.439 e. The maximum absolute atomic E-state index is 13.5. The van der Waals surface area contributed by atoms with Crippen LogP contribution < -0.4 is 0 Å². The summed E-state index contributed by atoms with van der Waals surface area (Å²) >= 11 is 0. The van der Waals surface area contributed by atoms with E-state index in [1.54, 1.807) is 0 Å². The number of morpholine rings is 1. The summed E-state index contributed by atoms with van der Waals surface area (Å²) in [5.74, 6) is 0. The molecule has 1 saturated heterocycles. The summed E-state index contributed by atoms with van der Waals surface area (Å²) in [6.45, 7) is 0. The van der Waals surface area contributed by atoms with E-state index in [0.717, 1.165) is 0 Å². The third-order valence-electron chi connectivity index (χ3n) is 3.50. The van der Waals surface area contributed by atoms with Gasteiger partial charge in [-0.05, 0) is 12.8 Å². The Kier molecular flexibility index (Phi) is 3.48. The molecule has 0 radical (unpaired) electrons. The third kappa shape index (κ3) is 2.07. The maximum atomic E-state index is 13.5. The van der Waals surface area contributed by atoms with E-state index in [-0.39, 0.29) is 25.7 Å². The molecule has 1 aliphatic heterocycles. The fraction of sp³-hybridized carbons (Fsp3) is 1.00. The first-order chi connectivity index (χ1) is 8.93. The van der Waals surface area contributed by atoms with E-state index in [2.05, 4.69) is 4.74 Å². The van der Waals surface area contributed by atoms with Gasteiger partial charge in [0.25, 0.3) is 0 Å². The Hall–Kier alpha value is -0.640. The predicted molar refractivity (Wildman–Crippen MR) is 49.6 cm³/mol. The second-order valence-electron chi connectivity index (χ2n) is 4.88. The number of ether oxygens (including phenoxy) is 1. The summed E-state index contributed by atoms with van der Waals surface area (Å²) in [4.78, 5) is -1.36. The topological polar surface area (TPSA) is 12.5 Å². The van der Waals surface area contributed by atoms with Crippen molar-refractivity contribution in [2.75, 3.05) is 0 Å². The van der Waals surface area contributed by atoms with Crippen LogP contribution >= 0.6 is 0 Å². The van der Waals surface area contributed by atoms with E-state index < -0.39 is 35.3 Å². The van der Waals surface area contributed by atoms with Crippen LogP contribution in [0.15, 0.2) is 0 Å². The van der Waals surface area contributed by atoms with Crippen LogP contribution in [-0.2, 0) is 4.74 Å². The fourth-order valence-electron chi connectivity index (χ4n) is 2.54. The molecule has 0 bridgehead atoms. The molecule has 2 nitrogen and oxygen atoms in total. The molecule has 1 heterocycles. The summed E-state index contributed by atoms with van der Waals surface area (Å²) in [5.41, 5.74) is 0. The van der Waals surface area contributed by atoms with Crippen molar-refractivity contribution in [1.29, 1.82) is 0 Å². The van der Waals surface area contributed by atoms with Gasteiger partial charge in [-0.25, -0.2) is 4.74 Å². The number of hydrogen-bond donors (Lipinski definition) is 0. The Balaban J connectivity index is 2.46. The van der Waals surface area contributed by atoms with Crippen molar-refractivity contribution in [2.45, 2.75) is 62.5 Å². The molecule has 0 atom stereocenters. The van der Waals surface area contributed by atoms with Crippen LogP contribution in [0.25, 0.3) is 0 Å². The van der Waals surface area contributed by atoms with Gasteiger partial charge in [0.15, 0.2) is 0 Å². The molecular weight excluding hydrogens is 302 g/mol. The Morgan fingerprint density at radius 3 is 1.50 bits per heavy atom. The summed E-state index contributed by atoms with van der Waals surface area (Å²) in [7, 11) is 0. The van der Waals surface area contributed by atoms with E-state index in [1.165, 1.54) is 0 Å². The van der Waals surface area contributed by atoms with Crippen molar-refractivity contribution in [2.24, 2.45) is 0 Å². The SMILES string of the molecule is FC1(F)OC(F)(F)C(F)(F)N(C2CCCCC2)C1(F)F. The van der Waals surface area contributed by atoms with Gasteiger partial charge in [0.2, 0.25) is 0 Å². The molecule has 0 aromatic carbocycles. The van der Waals surface area contributed by atoms with Crippen LogP contribution in [0.4, 0.5) is 35.1 Å². The van der Waals surface area contributed by atoms with Gasteiger partial charge in [0.1, 0.15) is 0 Å². The molecule has 0 amide bonds. The maximum Gasteiger partial charge on any atom is 0.439 e. The molecule has 20 heavy (non-hydrogen) atoms. The van der Waals surface area contributed by atoms with Gasteiger partial charge in [-0.3, -0.25) is 0 Å². The normalized spacial score (nSPS) is 33.0. The lowest BCUT2D eigenvalue weighted by Crippen LogP contribution is -2.76. The Morgan fingerprint density at radius 1 is 0.700 bits per heavy atom. The van der Waals surface area contributed by atoms with Crippen LogP contribution in [0.2, 0.25) is 0 Å². The van der Waals surface area contributed by atoms with E-state index >= 15 is 0 Å². The lowest BCUT2D eigenvalue weighted by molar-refractivity contribution is -0.567. The smallest absolute Gasteiger partial charge is 0.243 e. The lowest BCUT2D eigenvalue weighted by Gasteiger charge is -2.50. The molecular formula is C10H11F8NO. The number of nitrogens with zero attached hydrogens (tertiary/aromatic N) is 1. The molecule has 118 valence electrons. The van der Waals surface area contributed by atoms with Gasteiger partial charge >= 0.3 is 24.3 Å². The molecule has 0 unspecified atom stereocenters. The molecule has 0 spiro atoms. The fourth-order valence-corrected chi connectivity index (χ4v) is 2.54. The zero-order valence-corrected chi connectivity index (χ0v) is 9.99. The average molecular weight is 313 g/mol. The highest BCUT2D eigenvalue weighted by molar-refractivity contribution is 4.98. The minimum absolute atomic E-state index is 0.228. The van der Waals surface area contributed by atoms with Crippen molar-refractivity contribution < 1.29 is 39.9 Å². The predicted octanol–water partition coefficient (Wildman–Crippen LogP) is 4.02. The number of rotatable bonds is 1. The number of alkyl halides is 8. The quantitative estimate of drug-likeness (QED) is 0.535. The molecule has 2 fully saturated rings. The second-order valence-corrected chi connectivity index (χ2v) is 4.88. The minimum Gasteiger partial charge on any atom is -0.243 e. The van der Waals surface area contributed by atoms with E-state index in [9.17, 15) is 35.1 Å². The summed E-state index contributed by atoms with van der Waals surface area (Å²) < 4.78 is 108. The molecule has 1 saturated carbocycles. The molecule has 10 heteroatoms. The van der Waals surface area contributed by atoms with Gasteiger partial charge in [-0.1, -0.05) is 19.3 Å². The van der Waals surface area contributed by atoms with Gasteiger partial charge < -0.3 is 0 Å². The van der Waals surface area contributed by atoms with Gasteiger partial charge in [-0.2, -0.15) is 40.0 Å². The van der Waals surface area contributed by atoms with Crippen molar-refractivity contribution in [1.82, 2.24) is 4.90 Å². The Morgan fingerprint density at radius 2 is 1.10 bits per heavy atom. The first kappa shape index (κ1) is 15.7. The third-order valence-corrected chi connectivity index (χ3v) is 3.50. The Bertz CT molecular complexity index is 353. The highest BCUT2D eigenvalue weighted by atomic mass is 19.4. The van der Waals surface area contributed by atoms with Crippen LogP contribution in [0.1, 0.15) is 32.1 Å². The molecule has 1 aliphatic carbocycles. The van der Waals surface area contributed by atoms with Gasteiger partial charge in [0.05, 0.1) is 0 Å². The standard InChI is InChI=1S/C10H11F8NO/c11-7(12)9(15,16)20-10(17,18)8(13,14)19(7)6-4-2-1-3-5-6/h6H,1-5H2. The van der Waals surface area contributed by atoms with Crippen LogP contribution in [0.3, 0.4) is 0 Å². The monoisotopic (exact) mass is 313 g/mol. The van der Waals surface area contributed by atoms with E-state index in [4.69, 9.17) is 0 Å². The average Bonchev–Trinajstić information content (AvgIpc) is 2.26. The number of hydrogen-bond acceptors (Lipinski definition) is 2. The summed E-state index contributed by atoms with van der Waals surface area (Å²) in [6, 6.07) is -12.8. The zero-order chi connectivity index (χ0) is 15.4. The lowest BCUT2D eigenvalue weighted by atomic mass is 9.93. The van der Waals surface area contributed by atoms with E-state index in [0.29, 0.717) is 6.42 Å². The molecule has 0 aromatic rings. The van der Waals surface area contributed by atoms with Gasteiger partial charge in [0, 0.05) is 6.04 Å². The van der Waals surface area contributed by atoms with Crippen molar-refractivity contribution in [3.8, 4) is 0 Å².